The minimum absolute atomic E-state index is 0.0798. The van der Waals surface area contributed by atoms with E-state index in [0.29, 0.717) is 5.75 Å². The number of carboxylic acid groups (broad SMARTS) is 1. The number of carboxylic acids is 1. The minimum atomic E-state index is -0.889. The fourth-order valence-electron chi connectivity index (χ4n) is 1.38. The third-order valence-electron chi connectivity index (χ3n) is 2.17. The second-order valence-corrected chi connectivity index (χ2v) is 5.27. The zero-order chi connectivity index (χ0) is 11.7. The SMILES string of the molecule is O=C(O)C1CSC(c2csc([N+](=O)[O-])c2)N1. The molecule has 6 nitrogen and oxygen atoms in total. The fraction of sp³-hybridized carbons (Fsp3) is 0.375. The molecule has 0 aliphatic carbocycles. The Kier molecular flexibility index (Phi) is 3.13. The maximum Gasteiger partial charge on any atom is 0.324 e. The van der Waals surface area contributed by atoms with Crippen molar-refractivity contribution >= 4 is 34.1 Å². The summed E-state index contributed by atoms with van der Waals surface area (Å²) < 4.78 is 0. The molecule has 2 atom stereocenters. The Morgan fingerprint density at radius 1 is 1.69 bits per heavy atom. The lowest BCUT2D eigenvalue weighted by molar-refractivity contribution is -0.380. The molecule has 2 N–H and O–H groups in total. The molecule has 2 heterocycles. The van der Waals surface area contributed by atoms with E-state index in [1.807, 2.05) is 0 Å². The molecule has 0 saturated carbocycles. The summed E-state index contributed by atoms with van der Waals surface area (Å²) in [5, 5.41) is 23.8. The molecule has 1 saturated heterocycles. The number of carbonyl (C=O) groups is 1. The molecular weight excluding hydrogens is 252 g/mol. The van der Waals surface area contributed by atoms with Crippen molar-refractivity contribution in [1.82, 2.24) is 5.32 Å². The summed E-state index contributed by atoms with van der Waals surface area (Å²) in [6.07, 6.45) is 0. The molecule has 1 aliphatic heterocycles. The number of aliphatic carboxylic acids is 1. The Bertz CT molecular complexity index is 433. The van der Waals surface area contributed by atoms with Gasteiger partial charge in [-0.2, -0.15) is 0 Å². The van der Waals surface area contributed by atoms with Gasteiger partial charge < -0.3 is 5.11 Å². The third-order valence-corrected chi connectivity index (χ3v) is 4.33. The van der Waals surface area contributed by atoms with E-state index in [9.17, 15) is 14.9 Å². The normalized spacial score (nSPS) is 24.5. The van der Waals surface area contributed by atoms with E-state index in [4.69, 9.17) is 5.11 Å². The first-order chi connectivity index (χ1) is 7.58. The van der Waals surface area contributed by atoms with Crippen molar-refractivity contribution in [2.24, 2.45) is 0 Å². The van der Waals surface area contributed by atoms with Gasteiger partial charge in [0.15, 0.2) is 0 Å². The van der Waals surface area contributed by atoms with Crippen LogP contribution >= 0.6 is 23.1 Å². The van der Waals surface area contributed by atoms with Crippen LogP contribution in [0.2, 0.25) is 0 Å². The predicted octanol–water partition coefficient (Wildman–Crippen LogP) is 1.44. The Morgan fingerprint density at radius 2 is 2.44 bits per heavy atom. The number of nitrogens with zero attached hydrogens (tertiary/aromatic N) is 1. The van der Waals surface area contributed by atoms with E-state index in [-0.39, 0.29) is 10.4 Å². The molecule has 16 heavy (non-hydrogen) atoms. The van der Waals surface area contributed by atoms with Gasteiger partial charge in [-0.25, -0.2) is 0 Å². The summed E-state index contributed by atoms with van der Waals surface area (Å²) in [6.45, 7) is 0. The van der Waals surface area contributed by atoms with Crippen LogP contribution in [0, 0.1) is 10.1 Å². The lowest BCUT2D eigenvalue weighted by Gasteiger charge is -2.07. The highest BCUT2D eigenvalue weighted by molar-refractivity contribution is 7.99. The maximum atomic E-state index is 10.7. The first-order valence-electron chi connectivity index (χ1n) is 4.41. The molecule has 0 amide bonds. The van der Waals surface area contributed by atoms with E-state index >= 15 is 0 Å². The van der Waals surface area contributed by atoms with Crippen LogP contribution in [0.4, 0.5) is 5.00 Å². The van der Waals surface area contributed by atoms with Gasteiger partial charge in [0.1, 0.15) is 6.04 Å². The van der Waals surface area contributed by atoms with E-state index in [1.165, 1.54) is 17.8 Å². The van der Waals surface area contributed by atoms with Gasteiger partial charge in [-0.15, -0.1) is 11.8 Å². The largest absolute Gasteiger partial charge is 0.480 e. The van der Waals surface area contributed by atoms with Crippen molar-refractivity contribution in [2.45, 2.75) is 11.4 Å². The Balaban J connectivity index is 2.08. The van der Waals surface area contributed by atoms with Crippen LogP contribution in [0.5, 0.6) is 0 Å². The molecule has 2 unspecified atom stereocenters. The van der Waals surface area contributed by atoms with Gasteiger partial charge in [-0.1, -0.05) is 11.3 Å². The number of nitrogens with one attached hydrogen (secondary N) is 1. The van der Waals surface area contributed by atoms with Gasteiger partial charge in [0.2, 0.25) is 0 Å². The molecule has 0 spiro atoms. The third kappa shape index (κ3) is 2.18. The zero-order valence-corrected chi connectivity index (χ0v) is 9.59. The standard InChI is InChI=1S/C8H8N2O4S2/c11-8(12)5-3-16-7(9-5)4-1-6(10(13)14)15-2-4/h1-2,5,7,9H,3H2,(H,11,12). The minimum Gasteiger partial charge on any atom is -0.480 e. The van der Waals surface area contributed by atoms with Crippen molar-refractivity contribution in [3.63, 3.8) is 0 Å². The molecule has 0 aromatic carbocycles. The second kappa shape index (κ2) is 4.40. The average molecular weight is 260 g/mol. The van der Waals surface area contributed by atoms with Crippen LogP contribution in [0.1, 0.15) is 10.9 Å². The summed E-state index contributed by atoms with van der Waals surface area (Å²) >= 11 is 2.50. The van der Waals surface area contributed by atoms with Crippen molar-refractivity contribution in [3.05, 3.63) is 27.1 Å². The molecular formula is C8H8N2O4S2. The topological polar surface area (TPSA) is 92.5 Å². The number of hydrogen-bond donors (Lipinski definition) is 2. The molecule has 1 aromatic heterocycles. The number of rotatable bonds is 3. The van der Waals surface area contributed by atoms with Gasteiger partial charge in [0.05, 0.1) is 10.3 Å². The lowest BCUT2D eigenvalue weighted by atomic mass is 10.3. The predicted molar refractivity (Wildman–Crippen MR) is 60.7 cm³/mol. The highest BCUT2D eigenvalue weighted by atomic mass is 32.2. The highest BCUT2D eigenvalue weighted by Crippen LogP contribution is 2.36. The van der Waals surface area contributed by atoms with Gasteiger partial charge >= 0.3 is 11.0 Å². The van der Waals surface area contributed by atoms with Crippen LogP contribution in [-0.2, 0) is 4.79 Å². The molecule has 0 radical (unpaired) electrons. The van der Waals surface area contributed by atoms with Crippen LogP contribution in [0.15, 0.2) is 11.4 Å². The molecule has 1 fully saturated rings. The van der Waals surface area contributed by atoms with E-state index in [2.05, 4.69) is 5.32 Å². The monoisotopic (exact) mass is 260 g/mol. The average Bonchev–Trinajstić information content (AvgIpc) is 2.86. The number of thioether (sulfide) groups is 1. The van der Waals surface area contributed by atoms with E-state index in [1.54, 1.807) is 5.38 Å². The van der Waals surface area contributed by atoms with E-state index < -0.39 is 16.9 Å². The zero-order valence-electron chi connectivity index (χ0n) is 7.95. The first kappa shape index (κ1) is 11.4. The molecule has 86 valence electrons. The highest BCUT2D eigenvalue weighted by Gasteiger charge is 2.31. The lowest BCUT2D eigenvalue weighted by Crippen LogP contribution is -2.33. The Hall–Kier alpha value is -1.12. The van der Waals surface area contributed by atoms with Gasteiger partial charge in [0.25, 0.3) is 0 Å². The number of hydrogen-bond acceptors (Lipinski definition) is 6. The quantitative estimate of drug-likeness (QED) is 0.631. The summed E-state index contributed by atoms with van der Waals surface area (Å²) in [5.74, 6) is -0.413. The van der Waals surface area contributed by atoms with E-state index in [0.717, 1.165) is 16.9 Å². The summed E-state index contributed by atoms with van der Waals surface area (Å²) in [4.78, 5) is 20.8. The molecule has 0 bridgehead atoms. The summed E-state index contributed by atoms with van der Waals surface area (Å²) in [5.41, 5.74) is 0.769. The van der Waals surface area contributed by atoms with Crippen molar-refractivity contribution in [1.29, 1.82) is 0 Å². The summed E-state index contributed by atoms with van der Waals surface area (Å²) in [7, 11) is 0. The van der Waals surface area contributed by atoms with Crippen LogP contribution in [-0.4, -0.2) is 27.8 Å². The van der Waals surface area contributed by atoms with Gasteiger partial charge in [-0.3, -0.25) is 20.2 Å². The Labute approximate surface area is 98.8 Å². The maximum absolute atomic E-state index is 10.7. The first-order valence-corrected chi connectivity index (χ1v) is 6.34. The fourth-order valence-corrected chi connectivity index (χ4v) is 3.43. The van der Waals surface area contributed by atoms with Crippen LogP contribution < -0.4 is 5.32 Å². The van der Waals surface area contributed by atoms with Gasteiger partial charge in [0, 0.05) is 17.2 Å². The Morgan fingerprint density at radius 3 is 2.94 bits per heavy atom. The molecule has 1 aromatic rings. The van der Waals surface area contributed by atoms with Crippen LogP contribution in [0.3, 0.4) is 0 Å². The summed E-state index contributed by atoms with van der Waals surface area (Å²) in [6, 6.07) is 0.911. The van der Waals surface area contributed by atoms with Crippen molar-refractivity contribution in [3.8, 4) is 0 Å². The second-order valence-electron chi connectivity index (χ2n) is 3.25. The number of nitro groups is 1. The van der Waals surface area contributed by atoms with Crippen molar-refractivity contribution < 1.29 is 14.8 Å². The smallest absolute Gasteiger partial charge is 0.324 e. The molecule has 1 aliphatic rings. The number of thiophene rings is 1. The molecule has 2 rings (SSSR count). The molecule has 8 heteroatoms. The van der Waals surface area contributed by atoms with Crippen LogP contribution in [0.25, 0.3) is 0 Å². The van der Waals surface area contributed by atoms with Crippen molar-refractivity contribution in [2.75, 3.05) is 5.75 Å². The van der Waals surface area contributed by atoms with Gasteiger partial charge in [-0.05, 0) is 5.56 Å².